The van der Waals surface area contributed by atoms with Crippen molar-refractivity contribution >= 4 is 23.8 Å². The lowest BCUT2D eigenvalue weighted by molar-refractivity contribution is -0.149. The minimum atomic E-state index is -0.936. The van der Waals surface area contributed by atoms with Gasteiger partial charge in [-0.15, -0.1) is 0 Å². The molecule has 0 aromatic rings. The summed E-state index contributed by atoms with van der Waals surface area (Å²) >= 11 is 0. The van der Waals surface area contributed by atoms with Gasteiger partial charge in [0.25, 0.3) is 0 Å². The summed E-state index contributed by atoms with van der Waals surface area (Å²) in [6.07, 6.45) is 0.752. The van der Waals surface area contributed by atoms with Crippen LogP contribution >= 0.6 is 0 Å². The molecule has 0 aromatic heterocycles. The standard InChI is InChI=1S/C14H22N2O6/c1-3-21-12(18)8-6-10(14(20)22-4-2)16-13(19)9-5-7-11(17)15-9/h9-10H,3-8H2,1-2H3,(H,15,17)(H,16,19)/t9-,10+/m0/s1. The third kappa shape index (κ3) is 5.71. The van der Waals surface area contributed by atoms with Crippen LogP contribution in [0, 0.1) is 0 Å². The highest BCUT2D eigenvalue weighted by Crippen LogP contribution is 2.08. The van der Waals surface area contributed by atoms with E-state index in [0.717, 1.165) is 0 Å². The molecule has 0 unspecified atom stereocenters. The van der Waals surface area contributed by atoms with E-state index in [1.54, 1.807) is 13.8 Å². The molecule has 0 radical (unpaired) electrons. The Balaban J connectivity index is 2.57. The number of hydrogen-bond donors (Lipinski definition) is 2. The second-order valence-corrected chi connectivity index (χ2v) is 4.82. The first-order valence-electron chi connectivity index (χ1n) is 7.39. The van der Waals surface area contributed by atoms with E-state index < -0.39 is 29.9 Å². The van der Waals surface area contributed by atoms with Crippen LogP contribution in [0.4, 0.5) is 0 Å². The smallest absolute Gasteiger partial charge is 0.328 e. The Hall–Kier alpha value is -2.12. The predicted molar refractivity (Wildman–Crippen MR) is 75.6 cm³/mol. The molecule has 0 aliphatic carbocycles. The van der Waals surface area contributed by atoms with Gasteiger partial charge in [-0.05, 0) is 26.7 Å². The van der Waals surface area contributed by atoms with Gasteiger partial charge in [0.05, 0.1) is 13.2 Å². The van der Waals surface area contributed by atoms with Gasteiger partial charge in [0, 0.05) is 12.8 Å². The summed E-state index contributed by atoms with van der Waals surface area (Å²) in [7, 11) is 0. The maximum atomic E-state index is 12.0. The summed E-state index contributed by atoms with van der Waals surface area (Å²) in [5.74, 6) is -1.70. The van der Waals surface area contributed by atoms with Gasteiger partial charge in [0.15, 0.2) is 0 Å². The number of amides is 2. The summed E-state index contributed by atoms with van der Waals surface area (Å²) < 4.78 is 9.68. The highest BCUT2D eigenvalue weighted by atomic mass is 16.5. The minimum absolute atomic E-state index is 0.00533. The third-order valence-corrected chi connectivity index (χ3v) is 3.14. The fourth-order valence-corrected chi connectivity index (χ4v) is 2.07. The summed E-state index contributed by atoms with van der Waals surface area (Å²) in [4.78, 5) is 46.4. The van der Waals surface area contributed by atoms with Crippen LogP contribution < -0.4 is 10.6 Å². The van der Waals surface area contributed by atoms with Crippen LogP contribution in [0.25, 0.3) is 0 Å². The molecule has 1 aliphatic rings. The van der Waals surface area contributed by atoms with Crippen molar-refractivity contribution in [3.63, 3.8) is 0 Å². The Morgan fingerprint density at radius 1 is 1.27 bits per heavy atom. The lowest BCUT2D eigenvalue weighted by Gasteiger charge is -2.19. The van der Waals surface area contributed by atoms with Gasteiger partial charge in [-0.3, -0.25) is 14.4 Å². The Morgan fingerprint density at radius 2 is 1.95 bits per heavy atom. The molecule has 0 bridgehead atoms. The Morgan fingerprint density at radius 3 is 2.50 bits per heavy atom. The van der Waals surface area contributed by atoms with E-state index in [1.807, 2.05) is 0 Å². The Bertz CT molecular complexity index is 437. The highest BCUT2D eigenvalue weighted by molar-refractivity contribution is 5.93. The molecular weight excluding hydrogens is 292 g/mol. The van der Waals surface area contributed by atoms with Gasteiger partial charge in [0.1, 0.15) is 12.1 Å². The molecule has 1 saturated heterocycles. The number of ether oxygens (including phenoxy) is 2. The number of carbonyl (C=O) groups is 4. The number of esters is 2. The minimum Gasteiger partial charge on any atom is -0.466 e. The average molecular weight is 314 g/mol. The fraction of sp³-hybridized carbons (Fsp3) is 0.714. The van der Waals surface area contributed by atoms with E-state index in [0.29, 0.717) is 6.42 Å². The maximum Gasteiger partial charge on any atom is 0.328 e. The van der Waals surface area contributed by atoms with Crippen LogP contribution in [0.1, 0.15) is 39.5 Å². The van der Waals surface area contributed by atoms with Crippen LogP contribution in [0.2, 0.25) is 0 Å². The third-order valence-electron chi connectivity index (χ3n) is 3.14. The second-order valence-electron chi connectivity index (χ2n) is 4.82. The van der Waals surface area contributed by atoms with E-state index in [-0.39, 0.29) is 38.4 Å². The first-order valence-corrected chi connectivity index (χ1v) is 7.39. The van der Waals surface area contributed by atoms with Crippen molar-refractivity contribution in [2.45, 2.75) is 51.6 Å². The van der Waals surface area contributed by atoms with E-state index in [1.165, 1.54) is 0 Å². The zero-order valence-corrected chi connectivity index (χ0v) is 12.8. The summed E-state index contributed by atoms with van der Waals surface area (Å²) in [6.45, 7) is 3.76. The molecule has 22 heavy (non-hydrogen) atoms. The van der Waals surface area contributed by atoms with E-state index >= 15 is 0 Å². The SMILES string of the molecule is CCOC(=O)CC[C@@H](NC(=O)[C@@H]1CCC(=O)N1)C(=O)OCC. The van der Waals surface area contributed by atoms with Gasteiger partial charge in [-0.25, -0.2) is 4.79 Å². The predicted octanol–water partition coefficient (Wildman–Crippen LogP) is -0.344. The first kappa shape index (κ1) is 17.9. The monoisotopic (exact) mass is 314 g/mol. The van der Waals surface area contributed by atoms with E-state index in [9.17, 15) is 19.2 Å². The highest BCUT2D eigenvalue weighted by Gasteiger charge is 2.31. The average Bonchev–Trinajstić information content (AvgIpc) is 2.90. The fourth-order valence-electron chi connectivity index (χ4n) is 2.07. The van der Waals surface area contributed by atoms with Crippen LogP contribution in [-0.2, 0) is 28.7 Å². The normalized spacial score (nSPS) is 18.3. The van der Waals surface area contributed by atoms with Crippen molar-refractivity contribution in [3.05, 3.63) is 0 Å². The lowest BCUT2D eigenvalue weighted by atomic mass is 10.1. The van der Waals surface area contributed by atoms with Gasteiger partial charge in [-0.1, -0.05) is 0 Å². The van der Waals surface area contributed by atoms with Crippen molar-refractivity contribution in [2.75, 3.05) is 13.2 Å². The first-order chi connectivity index (χ1) is 10.5. The number of hydrogen-bond acceptors (Lipinski definition) is 6. The molecule has 0 aromatic carbocycles. The topological polar surface area (TPSA) is 111 Å². The van der Waals surface area contributed by atoms with Crippen LogP contribution in [-0.4, -0.2) is 49.1 Å². The van der Waals surface area contributed by atoms with Crippen molar-refractivity contribution < 1.29 is 28.7 Å². The summed E-state index contributed by atoms with van der Waals surface area (Å²) in [5.41, 5.74) is 0. The molecule has 8 heteroatoms. The zero-order chi connectivity index (χ0) is 16.5. The van der Waals surface area contributed by atoms with Crippen LogP contribution in [0.5, 0.6) is 0 Å². The van der Waals surface area contributed by atoms with Gasteiger partial charge in [-0.2, -0.15) is 0 Å². The number of nitrogens with one attached hydrogen (secondary N) is 2. The van der Waals surface area contributed by atoms with Crippen molar-refractivity contribution in [3.8, 4) is 0 Å². The zero-order valence-electron chi connectivity index (χ0n) is 12.8. The quantitative estimate of drug-likeness (QED) is 0.593. The molecule has 2 amide bonds. The largest absolute Gasteiger partial charge is 0.466 e. The van der Waals surface area contributed by atoms with Crippen LogP contribution in [0.15, 0.2) is 0 Å². The molecule has 124 valence electrons. The van der Waals surface area contributed by atoms with E-state index in [4.69, 9.17) is 9.47 Å². The van der Waals surface area contributed by atoms with E-state index in [2.05, 4.69) is 10.6 Å². The molecule has 8 nitrogen and oxygen atoms in total. The molecule has 1 fully saturated rings. The lowest BCUT2D eigenvalue weighted by Crippen LogP contribution is -2.49. The van der Waals surface area contributed by atoms with Gasteiger partial charge >= 0.3 is 11.9 Å². The molecule has 2 N–H and O–H groups in total. The Kier molecular flexibility index (Phi) is 7.34. The Labute approximate surface area is 128 Å². The molecule has 1 rings (SSSR count). The number of rotatable bonds is 8. The molecule has 2 atom stereocenters. The van der Waals surface area contributed by atoms with Crippen molar-refractivity contribution in [2.24, 2.45) is 0 Å². The molecule has 1 heterocycles. The van der Waals surface area contributed by atoms with Crippen molar-refractivity contribution in [1.82, 2.24) is 10.6 Å². The molecule has 1 aliphatic heterocycles. The van der Waals surface area contributed by atoms with Crippen LogP contribution in [0.3, 0.4) is 0 Å². The summed E-state index contributed by atoms with van der Waals surface area (Å²) in [5, 5.41) is 5.05. The maximum absolute atomic E-state index is 12.0. The second kappa shape index (κ2) is 9.01. The van der Waals surface area contributed by atoms with Gasteiger partial charge < -0.3 is 20.1 Å². The van der Waals surface area contributed by atoms with Gasteiger partial charge in [0.2, 0.25) is 11.8 Å². The molecule has 0 saturated carbocycles. The number of carbonyl (C=O) groups excluding carboxylic acids is 4. The van der Waals surface area contributed by atoms with Crippen molar-refractivity contribution in [1.29, 1.82) is 0 Å². The molecule has 0 spiro atoms. The molecular formula is C14H22N2O6. The summed E-state index contributed by atoms with van der Waals surface area (Å²) in [6, 6.07) is -1.58.